The fraction of sp³-hybridized carbons (Fsp3) is 1.00. The van der Waals surface area contributed by atoms with E-state index >= 15 is 0 Å². The van der Waals surface area contributed by atoms with Gasteiger partial charge in [0, 0.05) is 46.8 Å². The van der Waals surface area contributed by atoms with Gasteiger partial charge in [-0.25, -0.2) is 0 Å². The van der Waals surface area contributed by atoms with Crippen molar-refractivity contribution >= 4 is 46.8 Å². The maximum Gasteiger partial charge on any atom is 0.0307 e. The second kappa shape index (κ2) is 7.53. The predicted octanol–water partition coefficient (Wildman–Crippen LogP) is 4.50. The van der Waals surface area contributed by atoms with Crippen LogP contribution in [0.5, 0.6) is 0 Å². The molecule has 0 aliphatic rings. The molecule has 0 saturated carbocycles. The average molecular weight is 367 g/mol. The third-order valence-electron chi connectivity index (χ3n) is 3.66. The lowest BCUT2D eigenvalue weighted by Crippen LogP contribution is -2.70. The molecule has 0 rings (SSSR count). The van der Waals surface area contributed by atoms with E-state index in [-0.39, 0.29) is 7.35 Å². The first kappa shape index (κ1) is 22.6. The van der Waals surface area contributed by atoms with Crippen LogP contribution < -0.4 is 0 Å². The van der Waals surface area contributed by atoms with Gasteiger partial charge in [0.15, 0.2) is 0 Å². The molecule has 0 aliphatic carbocycles. The van der Waals surface area contributed by atoms with E-state index in [1.165, 1.54) is 0 Å². The van der Waals surface area contributed by atoms with Gasteiger partial charge in [-0.1, -0.05) is 85.1 Å². The van der Waals surface area contributed by atoms with Crippen LogP contribution in [0.15, 0.2) is 0 Å². The SMILES string of the molecule is C[SiH2][Si](C)(C)C.C[Si](C)(C)[SiH]([Si](C)(C)C)[Si](C)(C)C. The van der Waals surface area contributed by atoms with Crippen molar-refractivity contribution in [1.29, 1.82) is 0 Å². The van der Waals surface area contributed by atoms with Gasteiger partial charge in [0.2, 0.25) is 0 Å². The van der Waals surface area contributed by atoms with E-state index in [2.05, 4.69) is 85.1 Å². The quantitative estimate of drug-likeness (QED) is 0.642. The summed E-state index contributed by atoms with van der Waals surface area (Å²) >= 11 is 0. The van der Waals surface area contributed by atoms with E-state index in [9.17, 15) is 0 Å². The van der Waals surface area contributed by atoms with Crippen LogP contribution in [0.3, 0.4) is 0 Å². The molecule has 0 unspecified atom stereocenters. The molecule has 0 spiro atoms. The number of hydrogen-bond acceptors (Lipinski definition) is 0. The van der Waals surface area contributed by atoms with Crippen LogP contribution in [-0.2, 0) is 0 Å². The summed E-state index contributed by atoms with van der Waals surface area (Å²) in [5.41, 5.74) is 0. The molecule has 0 aromatic heterocycles. The van der Waals surface area contributed by atoms with E-state index < -0.39 is 30.4 Å². The Morgan fingerprint density at radius 3 is 0.684 bits per heavy atom. The second-order valence-corrected chi connectivity index (χ2v) is 65.8. The Morgan fingerprint density at radius 1 is 0.526 bits per heavy atom. The summed E-state index contributed by atoms with van der Waals surface area (Å²) < 4.78 is 0. The summed E-state index contributed by atoms with van der Waals surface area (Å²) in [6.45, 7) is 33.4. The van der Waals surface area contributed by atoms with Crippen molar-refractivity contribution in [3.63, 3.8) is 0 Å². The first-order chi connectivity index (χ1) is 7.93. The van der Waals surface area contributed by atoms with Crippen LogP contribution >= 0.6 is 0 Å². The minimum absolute atomic E-state index is 0.382. The summed E-state index contributed by atoms with van der Waals surface area (Å²) in [5, 5.41) is 0. The van der Waals surface area contributed by atoms with E-state index in [1.54, 1.807) is 0 Å². The molecule has 0 nitrogen and oxygen atoms in total. The van der Waals surface area contributed by atoms with Crippen molar-refractivity contribution in [2.24, 2.45) is 0 Å². The van der Waals surface area contributed by atoms with Crippen LogP contribution in [0.25, 0.3) is 0 Å². The molecule has 0 saturated heterocycles. The minimum atomic E-state index is -0.795. The Bertz CT molecular complexity index is 215. The number of rotatable bonds is 4. The first-order valence-electron chi connectivity index (χ1n) is 7.93. The molecular formula is C13H42Si6. The maximum absolute atomic E-state index is 2.63. The zero-order valence-corrected chi connectivity index (χ0v) is 22.9. The Labute approximate surface area is 131 Å². The molecule has 0 aromatic carbocycles. The summed E-state index contributed by atoms with van der Waals surface area (Å²) in [7, 11) is -2.87. The van der Waals surface area contributed by atoms with Crippen LogP contribution in [0.2, 0.25) is 85.1 Å². The van der Waals surface area contributed by atoms with Gasteiger partial charge in [0.05, 0.1) is 0 Å². The van der Waals surface area contributed by atoms with E-state index in [0.29, 0.717) is 9.04 Å². The monoisotopic (exact) mass is 366 g/mol. The Morgan fingerprint density at radius 2 is 0.684 bits per heavy atom. The van der Waals surface area contributed by atoms with Gasteiger partial charge < -0.3 is 0 Å². The smallest absolute Gasteiger partial charge is 0.0307 e. The van der Waals surface area contributed by atoms with Gasteiger partial charge in [-0.05, 0) is 0 Å². The molecule has 0 aliphatic heterocycles. The molecule has 0 fully saturated rings. The second-order valence-electron chi connectivity index (χ2n) is 10.4. The van der Waals surface area contributed by atoms with Crippen LogP contribution in [0.1, 0.15) is 0 Å². The minimum Gasteiger partial charge on any atom is -0.0766 e. The molecule has 0 heterocycles. The zero-order chi connectivity index (χ0) is 16.3. The summed E-state index contributed by atoms with van der Waals surface area (Å²) in [6, 6.07) is 0. The molecule has 118 valence electrons. The molecule has 0 aromatic rings. The molecule has 0 radical (unpaired) electrons. The highest BCUT2D eigenvalue weighted by atomic mass is 29.9. The fourth-order valence-corrected chi connectivity index (χ4v) is 105. The van der Waals surface area contributed by atoms with Crippen molar-refractivity contribution in [1.82, 2.24) is 0 Å². The standard InChI is InChI=1S/C9H28Si4.C4H14Si2/c1-11(2,3)10(12(4,5)6)13(7,8)9;1-5-6(2,3)4/h10H,1-9H3;5H2,1-4H3. The summed E-state index contributed by atoms with van der Waals surface area (Å²) in [4.78, 5) is 0. The first-order valence-corrected chi connectivity index (χ1v) is 31.1. The lowest BCUT2D eigenvalue weighted by atomic mass is 11.8. The zero-order valence-electron chi connectivity index (χ0n) is 16.3. The molecule has 0 bridgehead atoms. The van der Waals surface area contributed by atoms with Crippen molar-refractivity contribution in [3.8, 4) is 0 Å². The summed E-state index contributed by atoms with van der Waals surface area (Å²) in [5.74, 6) is 0. The topological polar surface area (TPSA) is 0 Å². The van der Waals surface area contributed by atoms with Gasteiger partial charge in [0.1, 0.15) is 0 Å². The van der Waals surface area contributed by atoms with Gasteiger partial charge in [-0.3, -0.25) is 0 Å². The van der Waals surface area contributed by atoms with E-state index in [1.807, 2.05) is 0 Å². The van der Waals surface area contributed by atoms with Gasteiger partial charge >= 0.3 is 0 Å². The molecular weight excluding hydrogens is 325 g/mol. The van der Waals surface area contributed by atoms with Gasteiger partial charge in [-0.15, -0.1) is 0 Å². The van der Waals surface area contributed by atoms with Gasteiger partial charge in [-0.2, -0.15) is 0 Å². The Balaban J connectivity index is 0. The number of hydrogen-bond donors (Lipinski definition) is 0. The van der Waals surface area contributed by atoms with Crippen molar-refractivity contribution in [3.05, 3.63) is 0 Å². The normalized spacial score (nSPS) is 14.8. The van der Waals surface area contributed by atoms with E-state index in [0.717, 1.165) is 0 Å². The highest BCUT2D eigenvalue weighted by Crippen LogP contribution is 2.25. The largest absolute Gasteiger partial charge is 0.0766 e. The summed E-state index contributed by atoms with van der Waals surface area (Å²) in [6.07, 6.45) is 0. The third-order valence-corrected chi connectivity index (χ3v) is 79.7. The van der Waals surface area contributed by atoms with Crippen molar-refractivity contribution in [2.75, 3.05) is 0 Å². The van der Waals surface area contributed by atoms with Crippen molar-refractivity contribution < 1.29 is 0 Å². The molecule has 19 heavy (non-hydrogen) atoms. The highest BCUT2D eigenvalue weighted by Gasteiger charge is 2.46. The Hall–Kier alpha value is 1.30. The molecule has 0 atom stereocenters. The van der Waals surface area contributed by atoms with Gasteiger partial charge in [0.25, 0.3) is 0 Å². The lowest BCUT2D eigenvalue weighted by molar-refractivity contribution is 1.77. The van der Waals surface area contributed by atoms with E-state index in [4.69, 9.17) is 0 Å². The predicted molar refractivity (Wildman–Crippen MR) is 115 cm³/mol. The Kier molecular flexibility index (Phi) is 8.95. The van der Waals surface area contributed by atoms with Crippen LogP contribution in [-0.4, -0.2) is 46.8 Å². The molecule has 0 amide bonds. The molecule has 0 N–H and O–H groups in total. The lowest BCUT2D eigenvalue weighted by Gasteiger charge is -2.45. The fourth-order valence-electron chi connectivity index (χ4n) is 3.90. The van der Waals surface area contributed by atoms with Crippen molar-refractivity contribution in [2.45, 2.75) is 85.1 Å². The average Bonchev–Trinajstić information content (AvgIpc) is 1.93. The van der Waals surface area contributed by atoms with Crippen LogP contribution in [0.4, 0.5) is 0 Å². The maximum atomic E-state index is 2.63. The highest BCUT2D eigenvalue weighted by molar-refractivity contribution is 7.81. The molecule has 6 heteroatoms. The third kappa shape index (κ3) is 11.6. The van der Waals surface area contributed by atoms with Crippen LogP contribution in [0, 0.1) is 0 Å².